The molecule has 1 saturated heterocycles. The van der Waals surface area contributed by atoms with Gasteiger partial charge in [-0.25, -0.2) is 4.98 Å². The van der Waals surface area contributed by atoms with Crippen molar-refractivity contribution >= 4 is 39.8 Å². The van der Waals surface area contributed by atoms with Crippen LogP contribution < -0.4 is 5.32 Å². The summed E-state index contributed by atoms with van der Waals surface area (Å²) in [5, 5.41) is 3.52. The Labute approximate surface area is 183 Å². The van der Waals surface area contributed by atoms with Gasteiger partial charge in [0.05, 0.1) is 24.3 Å². The molecule has 6 nitrogen and oxygen atoms in total. The largest absolute Gasteiger partial charge is 0.378 e. The number of carbonyl (C=O) groups is 2. The summed E-state index contributed by atoms with van der Waals surface area (Å²) in [7, 11) is 0. The molecule has 154 valence electrons. The average Bonchev–Trinajstić information content (AvgIpc) is 3.10. The molecule has 0 saturated carbocycles. The molecular formula is C22H20ClN3O3S. The molecule has 1 fully saturated rings. The van der Waals surface area contributed by atoms with Crippen LogP contribution in [0.2, 0.25) is 5.15 Å². The van der Waals surface area contributed by atoms with Crippen molar-refractivity contribution in [3.05, 3.63) is 70.5 Å². The van der Waals surface area contributed by atoms with Crippen LogP contribution in [0.4, 0.5) is 5.00 Å². The van der Waals surface area contributed by atoms with Gasteiger partial charge >= 0.3 is 0 Å². The van der Waals surface area contributed by atoms with E-state index in [-0.39, 0.29) is 16.6 Å². The number of pyridine rings is 1. The van der Waals surface area contributed by atoms with E-state index in [0.29, 0.717) is 36.9 Å². The smallest absolute Gasteiger partial charge is 0.259 e. The highest BCUT2D eigenvalue weighted by atomic mass is 35.5. The van der Waals surface area contributed by atoms with Gasteiger partial charge in [-0.3, -0.25) is 9.59 Å². The van der Waals surface area contributed by atoms with Gasteiger partial charge in [-0.05, 0) is 30.2 Å². The van der Waals surface area contributed by atoms with E-state index in [2.05, 4.69) is 10.3 Å². The van der Waals surface area contributed by atoms with Crippen LogP contribution in [0.3, 0.4) is 0 Å². The third kappa shape index (κ3) is 4.09. The zero-order valence-electron chi connectivity index (χ0n) is 16.4. The summed E-state index contributed by atoms with van der Waals surface area (Å²) >= 11 is 7.47. The summed E-state index contributed by atoms with van der Waals surface area (Å²) in [6.07, 6.45) is 1.52. The van der Waals surface area contributed by atoms with Crippen LogP contribution in [0.1, 0.15) is 26.3 Å². The first-order chi connectivity index (χ1) is 14.6. The Hall–Kier alpha value is -2.74. The molecule has 1 aliphatic rings. The Morgan fingerprint density at radius 1 is 1.13 bits per heavy atom. The highest BCUT2D eigenvalue weighted by Gasteiger charge is 2.28. The van der Waals surface area contributed by atoms with Crippen molar-refractivity contribution in [2.75, 3.05) is 31.6 Å². The van der Waals surface area contributed by atoms with Gasteiger partial charge in [-0.1, -0.05) is 41.9 Å². The van der Waals surface area contributed by atoms with E-state index in [1.165, 1.54) is 17.5 Å². The molecule has 3 heterocycles. The number of rotatable bonds is 4. The van der Waals surface area contributed by atoms with Gasteiger partial charge in [-0.15, -0.1) is 11.3 Å². The van der Waals surface area contributed by atoms with Gasteiger partial charge in [0.25, 0.3) is 11.8 Å². The van der Waals surface area contributed by atoms with E-state index >= 15 is 0 Å². The van der Waals surface area contributed by atoms with E-state index in [4.69, 9.17) is 16.3 Å². The number of halogens is 1. The van der Waals surface area contributed by atoms with Gasteiger partial charge in [-0.2, -0.15) is 0 Å². The number of morpholine rings is 1. The number of amides is 2. The number of anilines is 1. The maximum absolute atomic E-state index is 13.4. The van der Waals surface area contributed by atoms with Crippen molar-refractivity contribution in [3.8, 4) is 10.4 Å². The zero-order valence-corrected chi connectivity index (χ0v) is 17.9. The number of benzene rings is 1. The monoisotopic (exact) mass is 441 g/mol. The quantitative estimate of drug-likeness (QED) is 0.605. The molecule has 2 aromatic heterocycles. The number of carbonyl (C=O) groups excluding carboxylic acids is 2. The maximum atomic E-state index is 13.4. The van der Waals surface area contributed by atoms with E-state index < -0.39 is 5.91 Å². The summed E-state index contributed by atoms with van der Waals surface area (Å²) in [4.78, 5) is 32.9. The minimum atomic E-state index is -0.398. The molecule has 8 heteroatoms. The lowest BCUT2D eigenvalue weighted by Crippen LogP contribution is -2.41. The average molecular weight is 442 g/mol. The minimum Gasteiger partial charge on any atom is -0.378 e. The van der Waals surface area contributed by atoms with Crippen LogP contribution in [0.15, 0.2) is 48.7 Å². The van der Waals surface area contributed by atoms with Crippen molar-refractivity contribution in [3.63, 3.8) is 0 Å². The molecule has 4 rings (SSSR count). The van der Waals surface area contributed by atoms with Crippen molar-refractivity contribution in [1.29, 1.82) is 0 Å². The minimum absolute atomic E-state index is 0.109. The number of aromatic nitrogens is 1. The SMILES string of the molecule is Cc1c(-c2ccccc2)sc(NC(=O)c2cccnc2Cl)c1C(=O)N1CCOCC1. The summed E-state index contributed by atoms with van der Waals surface area (Å²) < 4.78 is 5.37. The Morgan fingerprint density at radius 3 is 2.57 bits per heavy atom. The van der Waals surface area contributed by atoms with Crippen LogP contribution in [0.5, 0.6) is 0 Å². The molecule has 0 atom stereocenters. The third-order valence-corrected chi connectivity index (χ3v) is 6.48. The zero-order chi connectivity index (χ0) is 21.1. The first-order valence-electron chi connectivity index (χ1n) is 9.54. The summed E-state index contributed by atoms with van der Waals surface area (Å²) in [6, 6.07) is 13.1. The van der Waals surface area contributed by atoms with Crippen LogP contribution in [0.25, 0.3) is 10.4 Å². The Morgan fingerprint density at radius 2 is 1.87 bits per heavy atom. The van der Waals surface area contributed by atoms with E-state index in [1.54, 1.807) is 17.0 Å². The highest BCUT2D eigenvalue weighted by molar-refractivity contribution is 7.20. The van der Waals surface area contributed by atoms with Gasteiger partial charge in [0.15, 0.2) is 0 Å². The normalized spacial score (nSPS) is 13.9. The molecular weight excluding hydrogens is 422 g/mol. The van der Waals surface area contributed by atoms with Gasteiger partial charge in [0, 0.05) is 24.2 Å². The van der Waals surface area contributed by atoms with Crippen LogP contribution >= 0.6 is 22.9 Å². The Bertz CT molecular complexity index is 1080. The first kappa shape index (κ1) is 20.5. The molecule has 2 amide bonds. The second-order valence-corrected chi connectivity index (χ2v) is 8.21. The second kappa shape index (κ2) is 8.95. The molecule has 0 bridgehead atoms. The molecule has 1 N–H and O–H groups in total. The predicted molar refractivity (Wildman–Crippen MR) is 118 cm³/mol. The van der Waals surface area contributed by atoms with E-state index in [1.807, 2.05) is 37.3 Å². The van der Waals surface area contributed by atoms with Gasteiger partial charge in [0.1, 0.15) is 10.2 Å². The highest BCUT2D eigenvalue weighted by Crippen LogP contribution is 2.40. The van der Waals surface area contributed by atoms with Crippen molar-refractivity contribution in [2.24, 2.45) is 0 Å². The number of nitrogens with one attached hydrogen (secondary N) is 1. The molecule has 1 aromatic carbocycles. The number of hydrogen-bond acceptors (Lipinski definition) is 5. The molecule has 0 aliphatic carbocycles. The summed E-state index contributed by atoms with van der Waals surface area (Å²) in [5.74, 6) is -0.508. The standard InChI is InChI=1S/C22H20ClN3O3S/c1-14-17(22(28)26-10-12-29-13-11-26)21(30-18(14)15-6-3-2-4-7-15)25-20(27)16-8-5-9-24-19(16)23/h2-9H,10-13H2,1H3,(H,25,27). The predicted octanol–water partition coefficient (Wildman–Crippen LogP) is 4.50. The maximum Gasteiger partial charge on any atom is 0.259 e. The lowest BCUT2D eigenvalue weighted by atomic mass is 10.1. The molecule has 0 radical (unpaired) electrons. The lowest BCUT2D eigenvalue weighted by Gasteiger charge is -2.27. The number of thiophene rings is 1. The fourth-order valence-electron chi connectivity index (χ4n) is 3.37. The topological polar surface area (TPSA) is 71.5 Å². The van der Waals surface area contributed by atoms with Crippen molar-refractivity contribution in [1.82, 2.24) is 9.88 Å². The van der Waals surface area contributed by atoms with Crippen molar-refractivity contribution in [2.45, 2.75) is 6.92 Å². The van der Waals surface area contributed by atoms with Gasteiger partial charge < -0.3 is 15.0 Å². The third-order valence-electron chi connectivity index (χ3n) is 4.93. The van der Waals surface area contributed by atoms with Crippen LogP contribution in [0, 0.1) is 6.92 Å². The lowest BCUT2D eigenvalue weighted by molar-refractivity contribution is 0.0303. The molecule has 0 unspecified atom stereocenters. The Kier molecular flexibility index (Phi) is 6.13. The second-order valence-electron chi connectivity index (χ2n) is 6.83. The fourth-order valence-corrected chi connectivity index (χ4v) is 4.78. The molecule has 30 heavy (non-hydrogen) atoms. The van der Waals surface area contributed by atoms with Crippen LogP contribution in [-0.4, -0.2) is 48.0 Å². The van der Waals surface area contributed by atoms with Crippen molar-refractivity contribution < 1.29 is 14.3 Å². The fraction of sp³-hybridized carbons (Fsp3) is 0.227. The first-order valence-corrected chi connectivity index (χ1v) is 10.7. The number of ether oxygens (including phenoxy) is 1. The number of hydrogen-bond donors (Lipinski definition) is 1. The Balaban J connectivity index is 1.75. The summed E-state index contributed by atoms with van der Waals surface area (Å²) in [5.41, 5.74) is 2.61. The number of nitrogens with zero attached hydrogens (tertiary/aromatic N) is 2. The summed E-state index contributed by atoms with van der Waals surface area (Å²) in [6.45, 7) is 3.98. The molecule has 1 aliphatic heterocycles. The van der Waals surface area contributed by atoms with E-state index in [0.717, 1.165) is 16.0 Å². The van der Waals surface area contributed by atoms with E-state index in [9.17, 15) is 9.59 Å². The van der Waals surface area contributed by atoms with Gasteiger partial charge in [0.2, 0.25) is 0 Å². The molecule has 3 aromatic rings. The van der Waals surface area contributed by atoms with Crippen LogP contribution in [-0.2, 0) is 4.74 Å². The molecule has 0 spiro atoms.